The third-order valence-electron chi connectivity index (χ3n) is 2.02. The first-order valence-corrected chi connectivity index (χ1v) is 5.25. The summed E-state index contributed by atoms with van der Waals surface area (Å²) in [7, 11) is 0. The minimum absolute atomic E-state index is 0.122. The van der Waals surface area contributed by atoms with Gasteiger partial charge in [-0.2, -0.15) is 5.48 Å². The van der Waals surface area contributed by atoms with Gasteiger partial charge in [-0.3, -0.25) is 4.84 Å². The summed E-state index contributed by atoms with van der Waals surface area (Å²) in [6.45, 7) is 7.62. The molecule has 0 saturated carbocycles. The SMILES string of the molecule is CC(NOC(C)(C)C)c1cc(O)ccc1O. The first-order valence-electron chi connectivity index (χ1n) is 5.25. The lowest BCUT2D eigenvalue weighted by molar-refractivity contribution is -0.0868. The monoisotopic (exact) mass is 225 g/mol. The lowest BCUT2D eigenvalue weighted by Crippen LogP contribution is -2.31. The predicted molar refractivity (Wildman–Crippen MR) is 62.2 cm³/mol. The Morgan fingerprint density at radius 1 is 1.25 bits per heavy atom. The molecular weight excluding hydrogens is 206 g/mol. The van der Waals surface area contributed by atoms with Crippen LogP contribution in [0, 0.1) is 0 Å². The minimum Gasteiger partial charge on any atom is -0.508 e. The van der Waals surface area contributed by atoms with Crippen LogP contribution in [0.4, 0.5) is 0 Å². The predicted octanol–water partition coefficient (Wildman–Crippen LogP) is 2.48. The largest absolute Gasteiger partial charge is 0.508 e. The molecule has 16 heavy (non-hydrogen) atoms. The number of phenolic OH excluding ortho intramolecular Hbond substituents is 2. The first kappa shape index (κ1) is 12.8. The number of hydroxylamine groups is 1. The molecule has 3 N–H and O–H groups in total. The number of nitrogens with one attached hydrogen (secondary N) is 1. The molecule has 0 aliphatic carbocycles. The highest BCUT2D eigenvalue weighted by atomic mass is 16.7. The molecule has 1 unspecified atom stereocenters. The van der Waals surface area contributed by atoms with E-state index in [1.54, 1.807) is 0 Å². The molecule has 0 fully saturated rings. The van der Waals surface area contributed by atoms with E-state index in [4.69, 9.17) is 4.84 Å². The van der Waals surface area contributed by atoms with Gasteiger partial charge in [0.2, 0.25) is 0 Å². The van der Waals surface area contributed by atoms with Crippen molar-refractivity contribution in [3.8, 4) is 11.5 Å². The molecule has 1 aromatic carbocycles. The quantitative estimate of drug-likeness (QED) is 0.546. The van der Waals surface area contributed by atoms with E-state index in [0.717, 1.165) is 0 Å². The van der Waals surface area contributed by atoms with E-state index in [1.165, 1.54) is 18.2 Å². The third-order valence-corrected chi connectivity index (χ3v) is 2.02. The summed E-state index contributed by atoms with van der Waals surface area (Å²) >= 11 is 0. The van der Waals surface area contributed by atoms with Gasteiger partial charge in [-0.1, -0.05) is 0 Å². The van der Waals surface area contributed by atoms with Gasteiger partial charge in [0.1, 0.15) is 11.5 Å². The van der Waals surface area contributed by atoms with Gasteiger partial charge in [0.25, 0.3) is 0 Å². The topological polar surface area (TPSA) is 61.7 Å². The summed E-state index contributed by atoms with van der Waals surface area (Å²) in [5.74, 6) is 0.257. The maximum absolute atomic E-state index is 9.63. The summed E-state index contributed by atoms with van der Waals surface area (Å²) in [5, 5.41) is 19.0. The fourth-order valence-electron chi connectivity index (χ4n) is 1.22. The fraction of sp³-hybridized carbons (Fsp3) is 0.500. The van der Waals surface area contributed by atoms with Gasteiger partial charge in [0, 0.05) is 5.56 Å². The average molecular weight is 225 g/mol. The molecule has 0 spiro atoms. The van der Waals surface area contributed by atoms with Gasteiger partial charge in [-0.15, -0.1) is 0 Å². The Balaban J connectivity index is 2.73. The zero-order chi connectivity index (χ0) is 12.3. The van der Waals surface area contributed by atoms with Crippen LogP contribution in [0.2, 0.25) is 0 Å². The highest BCUT2D eigenvalue weighted by Gasteiger charge is 2.15. The van der Waals surface area contributed by atoms with Crippen LogP contribution < -0.4 is 5.48 Å². The Bertz CT molecular complexity index is 358. The normalized spacial score (nSPS) is 13.8. The second-order valence-electron chi connectivity index (χ2n) is 4.80. The maximum atomic E-state index is 9.63. The number of aromatic hydroxyl groups is 2. The zero-order valence-corrected chi connectivity index (χ0v) is 10.1. The second kappa shape index (κ2) is 4.72. The molecule has 0 saturated heterocycles. The molecule has 0 bridgehead atoms. The Kier molecular flexibility index (Phi) is 3.78. The van der Waals surface area contributed by atoms with Crippen molar-refractivity contribution in [2.24, 2.45) is 0 Å². The van der Waals surface area contributed by atoms with Crippen molar-refractivity contribution in [3.63, 3.8) is 0 Å². The summed E-state index contributed by atoms with van der Waals surface area (Å²) in [6, 6.07) is 4.21. The molecule has 4 nitrogen and oxygen atoms in total. The van der Waals surface area contributed by atoms with Crippen LogP contribution in [0.5, 0.6) is 11.5 Å². The molecular formula is C12H19NO3. The van der Waals surface area contributed by atoms with Crippen LogP contribution in [-0.2, 0) is 4.84 Å². The van der Waals surface area contributed by atoms with Gasteiger partial charge in [-0.05, 0) is 45.9 Å². The van der Waals surface area contributed by atoms with Gasteiger partial charge >= 0.3 is 0 Å². The smallest absolute Gasteiger partial charge is 0.120 e. The zero-order valence-electron chi connectivity index (χ0n) is 10.1. The Morgan fingerprint density at radius 2 is 1.88 bits per heavy atom. The molecule has 4 heteroatoms. The van der Waals surface area contributed by atoms with Gasteiger partial charge in [0.15, 0.2) is 0 Å². The number of benzene rings is 1. The lowest BCUT2D eigenvalue weighted by Gasteiger charge is -2.23. The molecule has 0 aromatic heterocycles. The van der Waals surface area contributed by atoms with Crippen LogP contribution in [0.25, 0.3) is 0 Å². The molecule has 1 aromatic rings. The standard InChI is InChI=1S/C12H19NO3/c1-8(13-16-12(2,3)4)10-7-9(14)5-6-11(10)15/h5-8,13-15H,1-4H3. The number of phenols is 2. The van der Waals surface area contributed by atoms with Gasteiger partial charge in [-0.25, -0.2) is 0 Å². The summed E-state index contributed by atoms with van der Waals surface area (Å²) in [4.78, 5) is 5.40. The maximum Gasteiger partial charge on any atom is 0.120 e. The molecule has 0 amide bonds. The van der Waals surface area contributed by atoms with Crippen molar-refractivity contribution in [2.75, 3.05) is 0 Å². The van der Waals surface area contributed by atoms with Crippen LogP contribution in [-0.4, -0.2) is 15.8 Å². The molecule has 0 aliphatic heterocycles. The van der Waals surface area contributed by atoms with E-state index in [9.17, 15) is 10.2 Å². The lowest BCUT2D eigenvalue weighted by atomic mass is 10.1. The van der Waals surface area contributed by atoms with E-state index < -0.39 is 0 Å². The molecule has 1 atom stereocenters. The fourth-order valence-corrected chi connectivity index (χ4v) is 1.22. The number of hydrogen-bond acceptors (Lipinski definition) is 4. The van der Waals surface area contributed by atoms with Crippen molar-refractivity contribution in [3.05, 3.63) is 23.8 Å². The van der Waals surface area contributed by atoms with Crippen molar-refractivity contribution in [1.82, 2.24) is 5.48 Å². The number of hydrogen-bond donors (Lipinski definition) is 3. The van der Waals surface area contributed by atoms with Crippen LogP contribution >= 0.6 is 0 Å². The van der Waals surface area contributed by atoms with Crippen LogP contribution in [0.1, 0.15) is 39.3 Å². The first-order chi connectivity index (χ1) is 7.29. The third kappa shape index (κ3) is 3.72. The van der Waals surface area contributed by atoms with Crippen molar-refractivity contribution in [2.45, 2.75) is 39.3 Å². The van der Waals surface area contributed by atoms with Crippen LogP contribution in [0.3, 0.4) is 0 Å². The van der Waals surface area contributed by atoms with E-state index in [2.05, 4.69) is 5.48 Å². The Labute approximate surface area is 95.8 Å². The van der Waals surface area contributed by atoms with Crippen molar-refractivity contribution in [1.29, 1.82) is 0 Å². The van der Waals surface area contributed by atoms with Crippen molar-refractivity contribution >= 4 is 0 Å². The summed E-state index contributed by atoms with van der Waals surface area (Å²) < 4.78 is 0. The molecule has 1 rings (SSSR count). The van der Waals surface area contributed by atoms with E-state index >= 15 is 0 Å². The minimum atomic E-state index is -0.305. The second-order valence-corrected chi connectivity index (χ2v) is 4.80. The molecule has 0 aliphatic rings. The molecule has 0 heterocycles. The molecule has 0 radical (unpaired) electrons. The highest BCUT2D eigenvalue weighted by molar-refractivity contribution is 5.40. The van der Waals surface area contributed by atoms with E-state index in [1.807, 2.05) is 27.7 Å². The van der Waals surface area contributed by atoms with Gasteiger partial charge < -0.3 is 10.2 Å². The van der Waals surface area contributed by atoms with Gasteiger partial charge in [0.05, 0.1) is 11.6 Å². The molecule has 90 valence electrons. The van der Waals surface area contributed by atoms with Crippen molar-refractivity contribution < 1.29 is 15.1 Å². The van der Waals surface area contributed by atoms with E-state index in [0.29, 0.717) is 5.56 Å². The Morgan fingerprint density at radius 3 is 2.44 bits per heavy atom. The Hall–Kier alpha value is -1.26. The summed E-state index contributed by atoms with van der Waals surface area (Å²) in [6.07, 6.45) is 0. The average Bonchev–Trinajstić information content (AvgIpc) is 2.17. The van der Waals surface area contributed by atoms with Crippen LogP contribution in [0.15, 0.2) is 18.2 Å². The number of rotatable bonds is 3. The summed E-state index contributed by atoms with van der Waals surface area (Å²) in [5.41, 5.74) is 3.13. The highest BCUT2D eigenvalue weighted by Crippen LogP contribution is 2.28. The van der Waals surface area contributed by atoms with E-state index in [-0.39, 0.29) is 23.1 Å².